The molecule has 1 aromatic heterocycles. The van der Waals surface area contributed by atoms with E-state index in [4.69, 9.17) is 0 Å². The van der Waals surface area contributed by atoms with Crippen LogP contribution in [0, 0.1) is 6.92 Å². The topological polar surface area (TPSA) is 43.1 Å². The number of hydrogen-bond acceptors (Lipinski definition) is 4. The molecule has 0 atom stereocenters. The fourth-order valence-electron chi connectivity index (χ4n) is 2.06. The number of aryl methyl sites for hydroxylation is 2. The second-order valence-electron chi connectivity index (χ2n) is 4.68. The molecule has 0 aliphatic carbocycles. The van der Waals surface area contributed by atoms with Gasteiger partial charge in [0.1, 0.15) is 5.03 Å². The van der Waals surface area contributed by atoms with Gasteiger partial charge in [0.25, 0.3) is 0 Å². The molecule has 0 amide bonds. The van der Waals surface area contributed by atoms with Gasteiger partial charge < -0.3 is 0 Å². The molecule has 2 aromatic rings. The van der Waals surface area contributed by atoms with Crippen molar-refractivity contribution >= 4 is 17.5 Å². The predicted octanol–water partition coefficient (Wildman–Crippen LogP) is 2.90. The lowest BCUT2D eigenvalue weighted by molar-refractivity contribution is 0.641. The Labute approximate surface area is 116 Å². The molecule has 3 rings (SSSR count). The molecule has 19 heavy (non-hydrogen) atoms. The maximum absolute atomic E-state index is 4.59. The molecule has 2 heterocycles. The Morgan fingerprint density at radius 3 is 2.79 bits per heavy atom. The normalized spacial score (nSPS) is 14.1. The highest BCUT2D eigenvalue weighted by atomic mass is 32.2. The van der Waals surface area contributed by atoms with E-state index in [1.807, 2.05) is 0 Å². The molecule has 1 aromatic carbocycles. The number of fused-ring (bicyclic) bond motifs is 1. The molecule has 0 saturated heterocycles. The van der Waals surface area contributed by atoms with Gasteiger partial charge in [-0.15, -0.1) is 9.89 Å². The zero-order valence-electron chi connectivity index (χ0n) is 11.1. The summed E-state index contributed by atoms with van der Waals surface area (Å²) in [6.45, 7) is 4.24. The summed E-state index contributed by atoms with van der Waals surface area (Å²) < 4.78 is 0. The Bertz CT molecular complexity index is 613. The van der Waals surface area contributed by atoms with Crippen molar-refractivity contribution in [2.45, 2.75) is 31.7 Å². The van der Waals surface area contributed by atoms with Crippen LogP contribution < -0.4 is 0 Å². The van der Waals surface area contributed by atoms with Crippen LogP contribution in [0.15, 0.2) is 34.4 Å². The zero-order valence-corrected chi connectivity index (χ0v) is 11.9. The van der Waals surface area contributed by atoms with Crippen molar-refractivity contribution in [3.8, 4) is 0 Å². The van der Waals surface area contributed by atoms with Crippen molar-refractivity contribution in [3.05, 3.63) is 41.1 Å². The van der Waals surface area contributed by atoms with E-state index in [0.717, 1.165) is 40.6 Å². The van der Waals surface area contributed by atoms with Crippen LogP contribution in [-0.4, -0.2) is 26.6 Å². The monoisotopic (exact) mass is 272 g/mol. The number of aromatic nitrogens is 3. The highest BCUT2D eigenvalue weighted by Gasteiger charge is 2.19. The van der Waals surface area contributed by atoms with Gasteiger partial charge in [-0.25, -0.2) is 0 Å². The fraction of sp³-hybridized carbons (Fsp3) is 0.357. The first-order chi connectivity index (χ1) is 9.28. The molecule has 1 aliphatic rings. The van der Waals surface area contributed by atoms with Gasteiger partial charge in [-0.05, 0) is 24.1 Å². The van der Waals surface area contributed by atoms with Crippen molar-refractivity contribution in [2.75, 3.05) is 5.75 Å². The summed E-state index contributed by atoms with van der Waals surface area (Å²) in [4.78, 5) is 1.67. The van der Waals surface area contributed by atoms with Gasteiger partial charge in [-0.2, -0.15) is 5.10 Å². The van der Waals surface area contributed by atoms with Gasteiger partial charge in [0, 0.05) is 5.75 Å². The Morgan fingerprint density at radius 1 is 1.26 bits per heavy atom. The van der Waals surface area contributed by atoms with Crippen molar-refractivity contribution in [1.82, 2.24) is 15.1 Å². The summed E-state index contributed by atoms with van der Waals surface area (Å²) in [5.74, 6) is 0.882. The quantitative estimate of drug-likeness (QED) is 0.863. The summed E-state index contributed by atoms with van der Waals surface area (Å²) in [5, 5.41) is 14.0. The SMILES string of the molecule is CCCc1nnn2c1SCC(c1ccc(C)cc1)=N2. The van der Waals surface area contributed by atoms with E-state index in [9.17, 15) is 0 Å². The predicted molar refractivity (Wildman–Crippen MR) is 77.9 cm³/mol. The first-order valence-corrected chi connectivity index (χ1v) is 7.48. The van der Waals surface area contributed by atoms with Gasteiger partial charge in [0.2, 0.25) is 0 Å². The van der Waals surface area contributed by atoms with Gasteiger partial charge in [-0.1, -0.05) is 54.9 Å². The summed E-state index contributed by atoms with van der Waals surface area (Å²) in [7, 11) is 0. The highest BCUT2D eigenvalue weighted by molar-refractivity contribution is 8.00. The van der Waals surface area contributed by atoms with Crippen molar-refractivity contribution in [1.29, 1.82) is 0 Å². The van der Waals surface area contributed by atoms with Crippen molar-refractivity contribution in [3.63, 3.8) is 0 Å². The summed E-state index contributed by atoms with van der Waals surface area (Å²) >= 11 is 1.78. The minimum atomic E-state index is 0.882. The lowest BCUT2D eigenvalue weighted by Crippen LogP contribution is -2.14. The second kappa shape index (κ2) is 5.17. The molecule has 5 heteroatoms. The number of thioether (sulfide) groups is 1. The highest BCUT2D eigenvalue weighted by Crippen LogP contribution is 2.27. The molecule has 0 unspecified atom stereocenters. The van der Waals surface area contributed by atoms with Crippen LogP contribution in [0.25, 0.3) is 0 Å². The van der Waals surface area contributed by atoms with Gasteiger partial charge in [0.15, 0.2) is 0 Å². The molecule has 0 bridgehead atoms. The third-order valence-corrected chi connectivity index (χ3v) is 4.20. The molecule has 98 valence electrons. The van der Waals surface area contributed by atoms with Crippen LogP contribution in [0.2, 0.25) is 0 Å². The minimum absolute atomic E-state index is 0.882. The average molecular weight is 272 g/mol. The lowest BCUT2D eigenvalue weighted by Gasteiger charge is -2.13. The third kappa shape index (κ3) is 2.42. The van der Waals surface area contributed by atoms with Gasteiger partial charge in [0.05, 0.1) is 11.4 Å². The molecular formula is C14H16N4S. The first kappa shape index (κ1) is 12.4. The van der Waals surface area contributed by atoms with E-state index < -0.39 is 0 Å². The summed E-state index contributed by atoms with van der Waals surface area (Å²) in [5.41, 5.74) is 4.56. The Balaban J connectivity index is 1.93. The smallest absolute Gasteiger partial charge is 0.144 e. The van der Waals surface area contributed by atoms with Crippen LogP contribution in [0.1, 0.15) is 30.2 Å². The van der Waals surface area contributed by atoms with E-state index in [1.54, 1.807) is 16.6 Å². The molecule has 1 aliphatic heterocycles. The Hall–Kier alpha value is -1.62. The number of nitrogens with zero attached hydrogens (tertiary/aromatic N) is 4. The molecule has 0 saturated carbocycles. The molecular weight excluding hydrogens is 256 g/mol. The van der Waals surface area contributed by atoms with E-state index in [0.29, 0.717) is 0 Å². The first-order valence-electron chi connectivity index (χ1n) is 6.50. The summed E-state index contributed by atoms with van der Waals surface area (Å²) in [6, 6.07) is 8.46. The van der Waals surface area contributed by atoms with E-state index >= 15 is 0 Å². The van der Waals surface area contributed by atoms with E-state index in [2.05, 4.69) is 53.5 Å². The van der Waals surface area contributed by atoms with Gasteiger partial charge in [-0.3, -0.25) is 0 Å². The minimum Gasteiger partial charge on any atom is -0.152 e. The van der Waals surface area contributed by atoms with Crippen LogP contribution in [0.5, 0.6) is 0 Å². The Kier molecular flexibility index (Phi) is 3.38. The number of rotatable bonds is 3. The lowest BCUT2D eigenvalue weighted by atomic mass is 10.1. The standard InChI is InChI=1S/C14H16N4S/c1-3-4-12-14-18(17-15-12)16-13(9-19-14)11-7-5-10(2)6-8-11/h5-8H,3-4,9H2,1-2H3. The number of hydrogen-bond donors (Lipinski definition) is 0. The second-order valence-corrected chi connectivity index (χ2v) is 5.65. The van der Waals surface area contributed by atoms with E-state index in [1.165, 1.54) is 5.56 Å². The van der Waals surface area contributed by atoms with E-state index in [-0.39, 0.29) is 0 Å². The third-order valence-electron chi connectivity index (χ3n) is 3.11. The van der Waals surface area contributed by atoms with Crippen LogP contribution in [-0.2, 0) is 6.42 Å². The Morgan fingerprint density at radius 2 is 2.05 bits per heavy atom. The average Bonchev–Trinajstić information content (AvgIpc) is 2.83. The largest absolute Gasteiger partial charge is 0.152 e. The molecule has 0 fully saturated rings. The molecule has 0 radical (unpaired) electrons. The maximum atomic E-state index is 4.59. The van der Waals surface area contributed by atoms with Gasteiger partial charge >= 0.3 is 0 Å². The zero-order chi connectivity index (χ0) is 13.2. The van der Waals surface area contributed by atoms with Crippen LogP contribution in [0.3, 0.4) is 0 Å². The fourth-order valence-corrected chi connectivity index (χ4v) is 3.06. The summed E-state index contributed by atoms with van der Waals surface area (Å²) in [6.07, 6.45) is 2.05. The van der Waals surface area contributed by atoms with Crippen LogP contribution >= 0.6 is 11.8 Å². The number of benzene rings is 1. The van der Waals surface area contributed by atoms with Crippen LogP contribution in [0.4, 0.5) is 0 Å². The molecule has 4 nitrogen and oxygen atoms in total. The van der Waals surface area contributed by atoms with Crippen molar-refractivity contribution in [2.24, 2.45) is 5.10 Å². The molecule has 0 N–H and O–H groups in total. The maximum Gasteiger partial charge on any atom is 0.144 e. The van der Waals surface area contributed by atoms with Crippen molar-refractivity contribution < 1.29 is 0 Å². The molecule has 0 spiro atoms.